The number of anilines is 1. The number of non-ortho nitro benzene ring substituents is 1. The third-order valence-electron chi connectivity index (χ3n) is 4.90. The maximum atomic E-state index is 12.4. The molecule has 0 bridgehead atoms. The number of benzene rings is 1. The number of hydrogen-bond acceptors (Lipinski definition) is 7. The highest BCUT2D eigenvalue weighted by molar-refractivity contribution is 7.91. The Labute approximate surface area is 179 Å². The molecular formula is C19H24N4O5S2. The van der Waals surface area contributed by atoms with Crippen LogP contribution in [0.2, 0.25) is 0 Å². The highest BCUT2D eigenvalue weighted by Crippen LogP contribution is 2.19. The van der Waals surface area contributed by atoms with Crippen molar-refractivity contribution in [3.63, 3.8) is 0 Å². The van der Waals surface area contributed by atoms with Crippen LogP contribution in [0.4, 0.5) is 11.4 Å². The van der Waals surface area contributed by atoms with E-state index in [0.717, 1.165) is 5.69 Å². The first kappa shape index (κ1) is 22.2. The van der Waals surface area contributed by atoms with Crippen LogP contribution in [0.25, 0.3) is 0 Å². The van der Waals surface area contributed by atoms with E-state index in [4.69, 9.17) is 0 Å². The van der Waals surface area contributed by atoms with Gasteiger partial charge in [0, 0.05) is 49.9 Å². The summed E-state index contributed by atoms with van der Waals surface area (Å²) in [4.78, 5) is 24.4. The van der Waals surface area contributed by atoms with Crippen LogP contribution < -0.4 is 10.0 Å². The van der Waals surface area contributed by atoms with Crippen LogP contribution in [-0.4, -0.2) is 49.8 Å². The van der Waals surface area contributed by atoms with Gasteiger partial charge in [-0.2, -0.15) is 0 Å². The number of nitro benzene ring substituents is 1. The predicted octanol–water partition coefficient (Wildman–Crippen LogP) is 2.82. The van der Waals surface area contributed by atoms with Crippen molar-refractivity contribution in [2.24, 2.45) is 0 Å². The van der Waals surface area contributed by atoms with Gasteiger partial charge in [0.15, 0.2) is 0 Å². The molecule has 1 aliphatic heterocycles. The van der Waals surface area contributed by atoms with Crippen LogP contribution in [0, 0.1) is 10.1 Å². The summed E-state index contributed by atoms with van der Waals surface area (Å²) in [6.45, 7) is 1.65. The van der Waals surface area contributed by atoms with Crippen LogP contribution in [0.5, 0.6) is 0 Å². The number of amides is 1. The SMILES string of the molecule is O=C(CCCNc1ccc([N+](=O)[O-])cc1)N1CCC(NS(=O)(=O)c2cccs2)CC1. The maximum Gasteiger partial charge on any atom is 0.269 e. The number of hydrogen-bond donors (Lipinski definition) is 2. The van der Waals surface area contributed by atoms with Gasteiger partial charge in [-0.25, -0.2) is 13.1 Å². The summed E-state index contributed by atoms with van der Waals surface area (Å²) in [5.41, 5.74) is 0.809. The Balaban J connectivity index is 1.35. The van der Waals surface area contributed by atoms with Gasteiger partial charge in [-0.1, -0.05) is 6.07 Å². The number of carbonyl (C=O) groups is 1. The maximum absolute atomic E-state index is 12.4. The van der Waals surface area contributed by atoms with Crippen molar-refractivity contribution in [3.05, 3.63) is 51.9 Å². The minimum atomic E-state index is -3.49. The summed E-state index contributed by atoms with van der Waals surface area (Å²) in [6.07, 6.45) is 2.22. The summed E-state index contributed by atoms with van der Waals surface area (Å²) < 4.78 is 27.6. The number of nitro groups is 1. The lowest BCUT2D eigenvalue weighted by atomic mass is 10.1. The van der Waals surface area contributed by atoms with E-state index < -0.39 is 14.9 Å². The summed E-state index contributed by atoms with van der Waals surface area (Å²) in [5, 5.41) is 15.5. The van der Waals surface area contributed by atoms with Crippen LogP contribution in [0.3, 0.4) is 0 Å². The molecule has 1 aromatic carbocycles. The number of sulfonamides is 1. The van der Waals surface area contributed by atoms with Crippen LogP contribution in [0.15, 0.2) is 46.0 Å². The van der Waals surface area contributed by atoms with Gasteiger partial charge in [0.05, 0.1) is 4.92 Å². The second-order valence-corrected chi connectivity index (χ2v) is 9.93. The number of nitrogens with zero attached hydrogens (tertiary/aromatic N) is 2. The summed E-state index contributed by atoms with van der Waals surface area (Å²) >= 11 is 1.18. The molecule has 2 heterocycles. The molecule has 0 saturated carbocycles. The van der Waals surface area contributed by atoms with Crippen molar-refractivity contribution in [2.75, 3.05) is 25.0 Å². The zero-order chi connectivity index (χ0) is 21.6. The first-order chi connectivity index (χ1) is 14.3. The molecule has 1 aliphatic rings. The average Bonchev–Trinajstić information content (AvgIpc) is 3.28. The molecule has 2 aromatic rings. The second kappa shape index (κ2) is 10.0. The molecule has 0 atom stereocenters. The van der Waals surface area contributed by atoms with Crippen LogP contribution in [0.1, 0.15) is 25.7 Å². The molecule has 1 saturated heterocycles. The van der Waals surface area contributed by atoms with E-state index in [0.29, 0.717) is 49.5 Å². The van der Waals surface area contributed by atoms with Crippen LogP contribution in [-0.2, 0) is 14.8 Å². The Morgan fingerprint density at radius 2 is 1.90 bits per heavy atom. The van der Waals surface area contributed by atoms with Gasteiger partial charge in [-0.05, 0) is 42.8 Å². The van der Waals surface area contributed by atoms with Gasteiger partial charge < -0.3 is 10.2 Å². The summed E-state index contributed by atoms with van der Waals surface area (Å²) in [7, 11) is -3.49. The van der Waals surface area contributed by atoms with Crippen molar-refractivity contribution in [1.82, 2.24) is 9.62 Å². The summed E-state index contributed by atoms with van der Waals surface area (Å²) in [5.74, 6) is 0.0556. The number of piperidine rings is 1. The Hall–Kier alpha value is -2.50. The average molecular weight is 453 g/mol. The van der Waals surface area contributed by atoms with Crippen molar-refractivity contribution < 1.29 is 18.1 Å². The molecule has 1 amide bonds. The van der Waals surface area contributed by atoms with Gasteiger partial charge in [0.2, 0.25) is 15.9 Å². The van der Waals surface area contributed by atoms with Crippen molar-refractivity contribution in [2.45, 2.75) is 35.9 Å². The predicted molar refractivity (Wildman–Crippen MR) is 115 cm³/mol. The van der Waals surface area contributed by atoms with E-state index in [1.165, 1.54) is 23.5 Å². The number of carbonyl (C=O) groups excluding carboxylic acids is 1. The van der Waals surface area contributed by atoms with E-state index in [-0.39, 0.29) is 17.6 Å². The Bertz CT molecular complexity index is 953. The standard InChI is InChI=1S/C19H24N4O5S2/c24-18(3-1-11-20-15-5-7-17(8-6-15)23(25)26)22-12-9-16(10-13-22)21-30(27,28)19-4-2-14-29-19/h2,4-8,14,16,20-21H,1,3,9-13H2. The zero-order valence-corrected chi connectivity index (χ0v) is 18.0. The monoisotopic (exact) mass is 452 g/mol. The molecule has 0 unspecified atom stereocenters. The molecular weight excluding hydrogens is 428 g/mol. The molecule has 1 fully saturated rings. The number of likely N-dealkylation sites (tertiary alicyclic amines) is 1. The molecule has 162 valence electrons. The molecule has 11 heteroatoms. The topological polar surface area (TPSA) is 122 Å². The normalized spacial score (nSPS) is 15.1. The summed E-state index contributed by atoms with van der Waals surface area (Å²) in [6, 6.07) is 9.27. The van der Waals surface area contributed by atoms with Gasteiger partial charge in [0.25, 0.3) is 5.69 Å². The van der Waals surface area contributed by atoms with E-state index >= 15 is 0 Å². The Morgan fingerprint density at radius 3 is 2.50 bits per heavy atom. The number of rotatable bonds is 9. The Morgan fingerprint density at radius 1 is 1.20 bits per heavy atom. The van der Waals surface area contributed by atoms with E-state index in [1.54, 1.807) is 34.5 Å². The molecule has 0 aliphatic carbocycles. The van der Waals surface area contributed by atoms with E-state index in [9.17, 15) is 23.3 Å². The zero-order valence-electron chi connectivity index (χ0n) is 16.3. The lowest BCUT2D eigenvalue weighted by molar-refractivity contribution is -0.384. The molecule has 0 spiro atoms. The van der Waals surface area contributed by atoms with Gasteiger partial charge in [-0.3, -0.25) is 14.9 Å². The lowest BCUT2D eigenvalue weighted by Crippen LogP contribution is -2.46. The highest BCUT2D eigenvalue weighted by atomic mass is 32.2. The third kappa shape index (κ3) is 6.00. The highest BCUT2D eigenvalue weighted by Gasteiger charge is 2.26. The molecule has 2 N–H and O–H groups in total. The fourth-order valence-corrected chi connectivity index (χ4v) is 5.59. The lowest BCUT2D eigenvalue weighted by Gasteiger charge is -2.32. The second-order valence-electron chi connectivity index (χ2n) is 7.04. The minimum absolute atomic E-state index is 0.0387. The quantitative estimate of drug-likeness (QED) is 0.343. The Kier molecular flexibility index (Phi) is 7.40. The van der Waals surface area contributed by atoms with E-state index in [2.05, 4.69) is 10.0 Å². The van der Waals surface area contributed by atoms with Crippen molar-refractivity contribution >= 4 is 38.6 Å². The number of nitrogens with one attached hydrogen (secondary N) is 2. The fraction of sp³-hybridized carbons (Fsp3) is 0.421. The molecule has 30 heavy (non-hydrogen) atoms. The third-order valence-corrected chi connectivity index (χ3v) is 7.82. The number of thiophene rings is 1. The van der Waals surface area contributed by atoms with E-state index in [1.807, 2.05) is 0 Å². The van der Waals surface area contributed by atoms with Gasteiger partial charge >= 0.3 is 0 Å². The van der Waals surface area contributed by atoms with Gasteiger partial charge in [-0.15, -0.1) is 11.3 Å². The largest absolute Gasteiger partial charge is 0.385 e. The first-order valence-corrected chi connectivity index (χ1v) is 12.0. The van der Waals surface area contributed by atoms with Gasteiger partial charge in [0.1, 0.15) is 4.21 Å². The van der Waals surface area contributed by atoms with Crippen molar-refractivity contribution in [3.8, 4) is 0 Å². The first-order valence-electron chi connectivity index (χ1n) is 9.67. The minimum Gasteiger partial charge on any atom is -0.385 e. The smallest absolute Gasteiger partial charge is 0.269 e. The molecule has 3 rings (SSSR count). The fourth-order valence-electron chi connectivity index (χ4n) is 3.27. The molecule has 0 radical (unpaired) electrons. The molecule has 1 aromatic heterocycles. The van der Waals surface area contributed by atoms with Crippen molar-refractivity contribution in [1.29, 1.82) is 0 Å². The van der Waals surface area contributed by atoms with Crippen LogP contribution >= 0.6 is 11.3 Å². The molecule has 9 nitrogen and oxygen atoms in total.